The number of hydrogen-bond donors (Lipinski definition) is 1. The van der Waals surface area contributed by atoms with Crippen molar-refractivity contribution in [2.75, 3.05) is 0 Å². The Labute approximate surface area is 112 Å². The third kappa shape index (κ3) is 1.90. The van der Waals surface area contributed by atoms with Crippen LogP contribution < -0.4 is 0 Å². The summed E-state index contributed by atoms with van der Waals surface area (Å²) in [4.78, 5) is 1.26. The van der Waals surface area contributed by atoms with Crippen molar-refractivity contribution in [3.8, 4) is 0 Å². The first-order valence-electron chi connectivity index (χ1n) is 6.56. The van der Waals surface area contributed by atoms with E-state index in [9.17, 15) is 5.11 Å². The van der Waals surface area contributed by atoms with Gasteiger partial charge in [-0.05, 0) is 60.7 Å². The third-order valence-corrected chi connectivity index (χ3v) is 4.77. The van der Waals surface area contributed by atoms with Gasteiger partial charge < -0.3 is 5.11 Å². The number of fused-ring (bicyclic) bond motifs is 1. The van der Waals surface area contributed by atoms with Crippen LogP contribution in [-0.2, 0) is 12.0 Å². The molecule has 0 saturated heterocycles. The first-order chi connectivity index (χ1) is 8.70. The van der Waals surface area contributed by atoms with Crippen molar-refractivity contribution in [2.24, 2.45) is 0 Å². The Morgan fingerprint density at radius 3 is 2.83 bits per heavy atom. The molecule has 0 fully saturated rings. The number of aliphatic hydroxyl groups is 1. The topological polar surface area (TPSA) is 20.2 Å². The number of hydrogen-bond acceptors (Lipinski definition) is 2. The van der Waals surface area contributed by atoms with E-state index in [1.54, 1.807) is 11.3 Å². The molecule has 0 spiro atoms. The van der Waals surface area contributed by atoms with Gasteiger partial charge in [0.05, 0.1) is 0 Å². The van der Waals surface area contributed by atoms with E-state index in [1.807, 2.05) is 6.07 Å². The lowest BCUT2D eigenvalue weighted by molar-refractivity contribution is 0.0709. The maximum absolute atomic E-state index is 11.2. The Kier molecular flexibility index (Phi) is 3.00. The molecule has 3 rings (SSSR count). The van der Waals surface area contributed by atoms with E-state index in [1.165, 1.54) is 16.9 Å². The summed E-state index contributed by atoms with van der Waals surface area (Å²) in [5, 5.41) is 13.3. The molecule has 1 heterocycles. The third-order valence-electron chi connectivity index (χ3n) is 3.91. The van der Waals surface area contributed by atoms with E-state index in [0.717, 1.165) is 30.4 Å². The highest BCUT2D eigenvalue weighted by molar-refractivity contribution is 7.10. The molecule has 1 aromatic carbocycles. The molecule has 1 aliphatic rings. The van der Waals surface area contributed by atoms with Crippen LogP contribution in [-0.4, -0.2) is 5.11 Å². The van der Waals surface area contributed by atoms with E-state index in [2.05, 4.69) is 36.6 Å². The fourth-order valence-electron chi connectivity index (χ4n) is 2.93. The number of thiophene rings is 1. The van der Waals surface area contributed by atoms with Crippen molar-refractivity contribution < 1.29 is 5.11 Å². The van der Waals surface area contributed by atoms with Crippen LogP contribution in [0.25, 0.3) is 0 Å². The van der Waals surface area contributed by atoms with Crippen LogP contribution in [0.5, 0.6) is 0 Å². The molecule has 0 bridgehead atoms. The molecule has 18 heavy (non-hydrogen) atoms. The molecule has 1 aliphatic carbocycles. The second-order valence-corrected chi connectivity index (χ2v) is 6.29. The molecule has 1 aromatic heterocycles. The van der Waals surface area contributed by atoms with Gasteiger partial charge in [-0.25, -0.2) is 0 Å². The van der Waals surface area contributed by atoms with E-state index in [-0.39, 0.29) is 0 Å². The van der Waals surface area contributed by atoms with E-state index < -0.39 is 5.60 Å². The molecule has 1 nitrogen and oxygen atoms in total. The van der Waals surface area contributed by atoms with Gasteiger partial charge in [0, 0.05) is 4.88 Å². The maximum atomic E-state index is 11.2. The first-order valence-corrected chi connectivity index (χ1v) is 7.44. The van der Waals surface area contributed by atoms with E-state index in [4.69, 9.17) is 0 Å². The van der Waals surface area contributed by atoms with Crippen molar-refractivity contribution in [2.45, 2.75) is 38.2 Å². The molecular formula is C16H18OS. The zero-order valence-corrected chi connectivity index (χ0v) is 11.5. The van der Waals surface area contributed by atoms with Gasteiger partial charge in [0.15, 0.2) is 0 Å². The SMILES string of the molecule is Cc1cc(C2(O)CCCCc3ccccc32)cs1. The smallest absolute Gasteiger partial charge is 0.116 e. The highest BCUT2D eigenvalue weighted by Gasteiger charge is 2.35. The second kappa shape index (κ2) is 4.52. The predicted octanol–water partition coefficient (Wildman–Crippen LogP) is 4.02. The fraction of sp³-hybridized carbons (Fsp3) is 0.375. The summed E-state index contributed by atoms with van der Waals surface area (Å²) in [5.41, 5.74) is 2.71. The fourth-order valence-corrected chi connectivity index (χ4v) is 3.70. The van der Waals surface area contributed by atoms with Crippen LogP contribution >= 0.6 is 11.3 Å². The van der Waals surface area contributed by atoms with Crippen molar-refractivity contribution in [3.63, 3.8) is 0 Å². The molecule has 0 aliphatic heterocycles. The van der Waals surface area contributed by atoms with Gasteiger partial charge >= 0.3 is 0 Å². The zero-order chi connectivity index (χ0) is 12.6. The number of rotatable bonds is 1. The summed E-state index contributed by atoms with van der Waals surface area (Å²) >= 11 is 1.72. The van der Waals surface area contributed by atoms with Gasteiger partial charge in [-0.1, -0.05) is 24.3 Å². The lowest BCUT2D eigenvalue weighted by Gasteiger charge is -2.28. The largest absolute Gasteiger partial charge is 0.380 e. The number of benzene rings is 1. The molecule has 0 saturated carbocycles. The summed E-state index contributed by atoms with van der Waals surface area (Å²) in [7, 11) is 0. The summed E-state index contributed by atoms with van der Waals surface area (Å²) in [5.74, 6) is 0. The Hall–Kier alpha value is -1.12. The minimum atomic E-state index is -0.780. The van der Waals surface area contributed by atoms with Gasteiger partial charge in [-0.2, -0.15) is 0 Å². The average Bonchev–Trinajstić information content (AvgIpc) is 2.74. The summed E-state index contributed by atoms with van der Waals surface area (Å²) < 4.78 is 0. The summed E-state index contributed by atoms with van der Waals surface area (Å²) in [6.07, 6.45) is 4.17. The van der Waals surface area contributed by atoms with Crippen LogP contribution in [0.2, 0.25) is 0 Å². The number of aryl methyl sites for hydroxylation is 2. The minimum absolute atomic E-state index is 0.780. The van der Waals surface area contributed by atoms with Crippen molar-refractivity contribution in [1.82, 2.24) is 0 Å². The van der Waals surface area contributed by atoms with Crippen molar-refractivity contribution in [1.29, 1.82) is 0 Å². The minimum Gasteiger partial charge on any atom is -0.380 e. The maximum Gasteiger partial charge on any atom is 0.116 e. The lowest BCUT2D eigenvalue weighted by atomic mass is 9.83. The molecule has 1 atom stereocenters. The van der Waals surface area contributed by atoms with Crippen LogP contribution in [0.1, 0.15) is 40.8 Å². The molecular weight excluding hydrogens is 240 g/mol. The second-order valence-electron chi connectivity index (χ2n) is 5.17. The zero-order valence-electron chi connectivity index (χ0n) is 10.6. The average molecular weight is 258 g/mol. The van der Waals surface area contributed by atoms with Gasteiger partial charge in [0.2, 0.25) is 0 Å². The van der Waals surface area contributed by atoms with Gasteiger partial charge in [0.25, 0.3) is 0 Å². The molecule has 2 aromatic rings. The molecule has 1 unspecified atom stereocenters. The van der Waals surface area contributed by atoms with Crippen molar-refractivity contribution in [3.05, 3.63) is 57.3 Å². The quantitative estimate of drug-likeness (QED) is 0.766. The monoisotopic (exact) mass is 258 g/mol. The highest BCUT2D eigenvalue weighted by atomic mass is 32.1. The van der Waals surface area contributed by atoms with Gasteiger partial charge in [-0.15, -0.1) is 11.3 Å². The summed E-state index contributed by atoms with van der Waals surface area (Å²) in [6, 6.07) is 10.5. The van der Waals surface area contributed by atoms with Gasteiger partial charge in [-0.3, -0.25) is 0 Å². The van der Waals surface area contributed by atoms with Crippen LogP contribution in [0, 0.1) is 6.92 Å². The van der Waals surface area contributed by atoms with Gasteiger partial charge in [0.1, 0.15) is 5.60 Å². The lowest BCUT2D eigenvalue weighted by Crippen LogP contribution is -2.26. The highest BCUT2D eigenvalue weighted by Crippen LogP contribution is 2.40. The first kappa shape index (κ1) is 11.9. The van der Waals surface area contributed by atoms with E-state index >= 15 is 0 Å². The van der Waals surface area contributed by atoms with Crippen LogP contribution in [0.4, 0.5) is 0 Å². The Bertz CT molecular complexity index is 558. The Morgan fingerprint density at radius 1 is 1.22 bits per heavy atom. The molecule has 0 amide bonds. The van der Waals surface area contributed by atoms with Crippen LogP contribution in [0.15, 0.2) is 35.7 Å². The van der Waals surface area contributed by atoms with Crippen LogP contribution in [0.3, 0.4) is 0 Å². The summed E-state index contributed by atoms with van der Waals surface area (Å²) in [6.45, 7) is 2.10. The predicted molar refractivity (Wildman–Crippen MR) is 76.1 cm³/mol. The van der Waals surface area contributed by atoms with Crippen molar-refractivity contribution >= 4 is 11.3 Å². The standard InChI is InChI=1S/C16H18OS/c1-12-10-14(11-18-12)16(17)9-5-4-7-13-6-2-3-8-15(13)16/h2-3,6,8,10-11,17H,4-5,7,9H2,1H3. The Morgan fingerprint density at radius 2 is 2.06 bits per heavy atom. The molecule has 94 valence electrons. The Balaban J connectivity index is 2.16. The molecule has 2 heteroatoms. The van der Waals surface area contributed by atoms with E-state index in [0.29, 0.717) is 0 Å². The molecule has 0 radical (unpaired) electrons. The molecule has 1 N–H and O–H groups in total. The normalized spacial score (nSPS) is 23.4.